The zero-order chi connectivity index (χ0) is 16.1. The lowest BCUT2D eigenvalue weighted by Gasteiger charge is -2.12. The van der Waals surface area contributed by atoms with E-state index in [2.05, 4.69) is 0 Å². The first-order valence-corrected chi connectivity index (χ1v) is 6.67. The van der Waals surface area contributed by atoms with Crippen LogP contribution in [0.15, 0.2) is 35.1 Å². The van der Waals surface area contributed by atoms with Crippen molar-refractivity contribution in [3.8, 4) is 23.4 Å². The van der Waals surface area contributed by atoms with Gasteiger partial charge in [0.2, 0.25) is 0 Å². The summed E-state index contributed by atoms with van der Waals surface area (Å²) in [6.07, 6.45) is 0. The third-order valence-corrected chi connectivity index (χ3v) is 3.21. The van der Waals surface area contributed by atoms with Crippen molar-refractivity contribution in [1.29, 1.82) is 5.26 Å². The van der Waals surface area contributed by atoms with Crippen molar-refractivity contribution >= 4 is 0 Å². The molecule has 0 saturated heterocycles. The Kier molecular flexibility index (Phi) is 4.69. The molecule has 0 spiro atoms. The Morgan fingerprint density at radius 1 is 1.32 bits per heavy atom. The molecular formula is C16H16N2O4. The molecule has 114 valence electrons. The van der Waals surface area contributed by atoms with Gasteiger partial charge in [-0.1, -0.05) is 6.07 Å². The molecule has 0 unspecified atom stereocenters. The van der Waals surface area contributed by atoms with Crippen LogP contribution in [-0.2, 0) is 6.54 Å². The van der Waals surface area contributed by atoms with E-state index in [1.54, 1.807) is 38.3 Å². The lowest BCUT2D eigenvalue weighted by atomic mass is 10.2. The number of pyridine rings is 1. The quantitative estimate of drug-likeness (QED) is 0.910. The van der Waals surface area contributed by atoms with Crippen molar-refractivity contribution in [3.05, 3.63) is 51.8 Å². The molecule has 0 aliphatic rings. The van der Waals surface area contributed by atoms with E-state index in [0.717, 1.165) is 4.57 Å². The molecule has 2 rings (SSSR count). The highest BCUT2D eigenvalue weighted by atomic mass is 16.5. The lowest BCUT2D eigenvalue weighted by Crippen LogP contribution is -2.26. The van der Waals surface area contributed by atoms with Crippen molar-refractivity contribution in [3.63, 3.8) is 0 Å². The van der Waals surface area contributed by atoms with Gasteiger partial charge in [0.1, 0.15) is 29.7 Å². The largest absolute Gasteiger partial charge is 0.497 e. The molecule has 6 nitrogen and oxygen atoms in total. The minimum Gasteiger partial charge on any atom is -0.497 e. The van der Waals surface area contributed by atoms with Gasteiger partial charge in [0.15, 0.2) is 5.88 Å². The number of ether oxygens (including phenoxy) is 2. The predicted octanol–water partition coefficient (Wildman–Crippen LogP) is 1.82. The first-order chi connectivity index (χ1) is 10.6. The standard InChI is InChI=1S/C16H16N2O4/c1-11-8-15(19)18(16(20)14(11)10-17)6-7-22-13-5-3-4-12(9-13)21-2/h3-5,8-9,19H,6-7H2,1-2H3. The number of rotatable bonds is 5. The minimum absolute atomic E-state index is 0.0270. The van der Waals surface area contributed by atoms with Crippen LogP contribution in [0.3, 0.4) is 0 Å². The summed E-state index contributed by atoms with van der Waals surface area (Å²) in [6, 6.07) is 10.3. The van der Waals surface area contributed by atoms with Crippen LogP contribution in [0, 0.1) is 18.3 Å². The fourth-order valence-electron chi connectivity index (χ4n) is 2.05. The van der Waals surface area contributed by atoms with E-state index in [0.29, 0.717) is 17.1 Å². The van der Waals surface area contributed by atoms with E-state index in [1.165, 1.54) is 6.07 Å². The van der Waals surface area contributed by atoms with Gasteiger partial charge >= 0.3 is 0 Å². The zero-order valence-corrected chi connectivity index (χ0v) is 12.4. The molecule has 0 radical (unpaired) electrons. The number of aromatic hydroxyl groups is 1. The fraction of sp³-hybridized carbons (Fsp3) is 0.250. The van der Waals surface area contributed by atoms with Crippen LogP contribution in [0.5, 0.6) is 17.4 Å². The van der Waals surface area contributed by atoms with E-state index in [4.69, 9.17) is 14.7 Å². The maximum Gasteiger partial charge on any atom is 0.271 e. The Labute approximate surface area is 127 Å². The van der Waals surface area contributed by atoms with Crippen molar-refractivity contribution < 1.29 is 14.6 Å². The SMILES string of the molecule is COc1cccc(OCCn2c(O)cc(C)c(C#N)c2=O)c1. The molecule has 1 N–H and O–H groups in total. The number of hydrogen-bond donors (Lipinski definition) is 1. The Hall–Kier alpha value is -2.94. The molecule has 0 saturated carbocycles. The second-order valence-electron chi connectivity index (χ2n) is 4.66. The molecule has 0 fully saturated rings. The monoisotopic (exact) mass is 300 g/mol. The van der Waals surface area contributed by atoms with Gasteiger partial charge in [-0.2, -0.15) is 5.26 Å². The van der Waals surface area contributed by atoms with Crippen LogP contribution in [-0.4, -0.2) is 23.4 Å². The summed E-state index contributed by atoms with van der Waals surface area (Å²) >= 11 is 0. The molecule has 0 atom stereocenters. The molecule has 2 aromatic rings. The smallest absolute Gasteiger partial charge is 0.271 e. The van der Waals surface area contributed by atoms with Crippen molar-refractivity contribution in [2.75, 3.05) is 13.7 Å². The number of aromatic nitrogens is 1. The van der Waals surface area contributed by atoms with E-state index >= 15 is 0 Å². The molecule has 1 aromatic carbocycles. The summed E-state index contributed by atoms with van der Waals surface area (Å²) in [6.45, 7) is 1.92. The van der Waals surface area contributed by atoms with Crippen LogP contribution < -0.4 is 15.0 Å². The van der Waals surface area contributed by atoms with Gasteiger partial charge in [0.25, 0.3) is 5.56 Å². The molecule has 6 heteroatoms. The van der Waals surface area contributed by atoms with Crippen molar-refractivity contribution in [2.45, 2.75) is 13.5 Å². The summed E-state index contributed by atoms with van der Waals surface area (Å²) in [4.78, 5) is 12.1. The van der Waals surface area contributed by atoms with Gasteiger partial charge in [0, 0.05) is 12.1 Å². The maximum atomic E-state index is 12.1. The summed E-state index contributed by atoms with van der Waals surface area (Å²) in [7, 11) is 1.56. The van der Waals surface area contributed by atoms with Crippen molar-refractivity contribution in [2.24, 2.45) is 0 Å². The Morgan fingerprint density at radius 2 is 2.05 bits per heavy atom. The van der Waals surface area contributed by atoms with E-state index in [-0.39, 0.29) is 24.6 Å². The van der Waals surface area contributed by atoms with Crippen LogP contribution in [0.1, 0.15) is 11.1 Å². The summed E-state index contributed by atoms with van der Waals surface area (Å²) in [5, 5.41) is 18.8. The Balaban J connectivity index is 2.12. The van der Waals surface area contributed by atoms with Gasteiger partial charge in [-0.3, -0.25) is 9.36 Å². The summed E-state index contributed by atoms with van der Waals surface area (Å²) < 4.78 is 11.7. The normalized spacial score (nSPS) is 10.0. The highest BCUT2D eigenvalue weighted by molar-refractivity contribution is 5.37. The molecule has 0 bridgehead atoms. The average Bonchev–Trinajstić information content (AvgIpc) is 2.51. The van der Waals surface area contributed by atoms with Crippen LogP contribution >= 0.6 is 0 Å². The molecular weight excluding hydrogens is 284 g/mol. The average molecular weight is 300 g/mol. The topological polar surface area (TPSA) is 84.5 Å². The first-order valence-electron chi connectivity index (χ1n) is 6.67. The number of aryl methyl sites for hydroxylation is 1. The van der Waals surface area contributed by atoms with Crippen LogP contribution in [0.4, 0.5) is 0 Å². The number of hydrogen-bond acceptors (Lipinski definition) is 5. The highest BCUT2D eigenvalue weighted by Crippen LogP contribution is 2.19. The predicted molar refractivity (Wildman–Crippen MR) is 80.3 cm³/mol. The van der Waals surface area contributed by atoms with Crippen LogP contribution in [0.2, 0.25) is 0 Å². The highest BCUT2D eigenvalue weighted by Gasteiger charge is 2.11. The van der Waals surface area contributed by atoms with Gasteiger partial charge in [-0.25, -0.2) is 0 Å². The van der Waals surface area contributed by atoms with E-state index in [9.17, 15) is 9.90 Å². The van der Waals surface area contributed by atoms with Gasteiger partial charge < -0.3 is 14.6 Å². The second-order valence-corrected chi connectivity index (χ2v) is 4.66. The third kappa shape index (κ3) is 3.20. The fourth-order valence-corrected chi connectivity index (χ4v) is 2.05. The molecule has 0 aliphatic carbocycles. The number of methoxy groups -OCH3 is 1. The molecule has 1 heterocycles. The van der Waals surface area contributed by atoms with Gasteiger partial charge in [-0.05, 0) is 24.6 Å². The first kappa shape index (κ1) is 15.4. The maximum absolute atomic E-state index is 12.1. The number of nitriles is 1. The van der Waals surface area contributed by atoms with E-state index in [1.807, 2.05) is 6.07 Å². The van der Waals surface area contributed by atoms with Gasteiger partial charge in [0.05, 0.1) is 13.7 Å². The number of benzene rings is 1. The lowest BCUT2D eigenvalue weighted by molar-refractivity contribution is 0.282. The molecule has 22 heavy (non-hydrogen) atoms. The minimum atomic E-state index is -0.519. The number of nitrogens with zero attached hydrogens (tertiary/aromatic N) is 2. The molecule has 0 aliphatic heterocycles. The molecule has 1 aromatic heterocycles. The summed E-state index contributed by atoms with van der Waals surface area (Å²) in [5.41, 5.74) is -0.0385. The Morgan fingerprint density at radius 3 is 2.73 bits per heavy atom. The van der Waals surface area contributed by atoms with Gasteiger partial charge in [-0.15, -0.1) is 0 Å². The summed E-state index contributed by atoms with van der Waals surface area (Å²) in [5.74, 6) is 1.08. The second kappa shape index (κ2) is 6.68. The zero-order valence-electron chi connectivity index (χ0n) is 12.4. The third-order valence-electron chi connectivity index (χ3n) is 3.21. The van der Waals surface area contributed by atoms with Crippen LogP contribution in [0.25, 0.3) is 0 Å². The Bertz CT molecular complexity index is 775. The van der Waals surface area contributed by atoms with E-state index < -0.39 is 5.56 Å². The van der Waals surface area contributed by atoms with Crippen molar-refractivity contribution in [1.82, 2.24) is 4.57 Å². The molecule has 0 amide bonds.